The van der Waals surface area contributed by atoms with Crippen LogP contribution in [0, 0.1) is 6.92 Å². The molecular weight excluding hydrogens is 370 g/mol. The number of hydrogen-bond donors (Lipinski definition) is 0. The fourth-order valence-corrected chi connectivity index (χ4v) is 4.16. The first-order valence-corrected chi connectivity index (χ1v) is 9.47. The van der Waals surface area contributed by atoms with Crippen molar-refractivity contribution in [3.63, 3.8) is 0 Å². The van der Waals surface area contributed by atoms with E-state index in [1.54, 1.807) is 18.5 Å². The predicted octanol–water partition coefficient (Wildman–Crippen LogP) is 3.54. The SMILES string of the molecule is Cc1nc(-c2ccccc2)sc1C(=O)OCc1cc(=O)n2ccsc2n1. The molecule has 0 N–H and O–H groups in total. The summed E-state index contributed by atoms with van der Waals surface area (Å²) in [5.41, 5.74) is 1.82. The third-order valence-electron chi connectivity index (χ3n) is 3.71. The molecule has 3 aromatic heterocycles. The van der Waals surface area contributed by atoms with Crippen molar-refractivity contribution < 1.29 is 9.53 Å². The molecular formula is C18H13N3O3S2. The van der Waals surface area contributed by atoms with E-state index in [4.69, 9.17) is 4.74 Å². The zero-order valence-corrected chi connectivity index (χ0v) is 15.3. The maximum absolute atomic E-state index is 12.4. The second kappa shape index (κ2) is 6.81. The standard InChI is InChI=1S/C18H13N3O3S2/c1-11-15(26-16(19-11)12-5-3-2-4-6-12)17(23)24-10-13-9-14(22)21-7-8-25-18(21)20-13/h2-9H,10H2,1H3. The fourth-order valence-electron chi connectivity index (χ4n) is 2.46. The molecule has 0 amide bonds. The van der Waals surface area contributed by atoms with Gasteiger partial charge in [0.25, 0.3) is 5.56 Å². The molecule has 0 aliphatic carbocycles. The van der Waals surface area contributed by atoms with Gasteiger partial charge in [-0.2, -0.15) is 0 Å². The summed E-state index contributed by atoms with van der Waals surface area (Å²) < 4.78 is 6.80. The average molecular weight is 383 g/mol. The number of hydrogen-bond acceptors (Lipinski definition) is 7. The molecule has 0 aliphatic heterocycles. The summed E-state index contributed by atoms with van der Waals surface area (Å²) in [7, 11) is 0. The van der Waals surface area contributed by atoms with E-state index in [1.807, 2.05) is 30.3 Å². The van der Waals surface area contributed by atoms with Crippen molar-refractivity contribution in [2.24, 2.45) is 0 Å². The molecule has 0 saturated carbocycles. The van der Waals surface area contributed by atoms with Crippen molar-refractivity contribution in [2.45, 2.75) is 13.5 Å². The second-order valence-electron chi connectivity index (χ2n) is 5.52. The predicted molar refractivity (Wildman–Crippen MR) is 101 cm³/mol. The summed E-state index contributed by atoms with van der Waals surface area (Å²) in [4.78, 5) is 34.2. The van der Waals surface area contributed by atoms with Crippen molar-refractivity contribution in [1.29, 1.82) is 0 Å². The Kier molecular flexibility index (Phi) is 4.36. The van der Waals surface area contributed by atoms with Crippen LogP contribution in [-0.2, 0) is 11.3 Å². The number of thiazole rings is 2. The zero-order chi connectivity index (χ0) is 18.1. The van der Waals surface area contributed by atoms with E-state index in [1.165, 1.54) is 33.1 Å². The highest BCUT2D eigenvalue weighted by Gasteiger charge is 2.18. The van der Waals surface area contributed by atoms with Crippen LogP contribution in [-0.4, -0.2) is 20.3 Å². The summed E-state index contributed by atoms with van der Waals surface area (Å²) in [6.07, 6.45) is 1.66. The van der Waals surface area contributed by atoms with Gasteiger partial charge in [-0.05, 0) is 6.92 Å². The van der Waals surface area contributed by atoms with E-state index in [-0.39, 0.29) is 12.2 Å². The smallest absolute Gasteiger partial charge is 0.350 e. The number of carbonyl (C=O) groups excluding carboxylic acids is 1. The van der Waals surface area contributed by atoms with E-state index in [9.17, 15) is 9.59 Å². The van der Waals surface area contributed by atoms with Gasteiger partial charge in [-0.15, -0.1) is 22.7 Å². The maximum atomic E-state index is 12.4. The average Bonchev–Trinajstić information content (AvgIpc) is 3.27. The van der Waals surface area contributed by atoms with E-state index in [0.717, 1.165) is 10.6 Å². The number of esters is 1. The lowest BCUT2D eigenvalue weighted by Gasteiger charge is -2.03. The van der Waals surface area contributed by atoms with Gasteiger partial charge in [0.1, 0.15) is 16.5 Å². The van der Waals surface area contributed by atoms with Crippen molar-refractivity contribution >= 4 is 33.6 Å². The first-order chi connectivity index (χ1) is 12.6. The lowest BCUT2D eigenvalue weighted by atomic mass is 10.2. The minimum Gasteiger partial charge on any atom is -0.455 e. The van der Waals surface area contributed by atoms with Crippen LogP contribution in [0.2, 0.25) is 0 Å². The summed E-state index contributed by atoms with van der Waals surface area (Å²) in [5.74, 6) is -0.463. The number of rotatable bonds is 4. The highest BCUT2D eigenvalue weighted by atomic mass is 32.1. The van der Waals surface area contributed by atoms with Gasteiger partial charge in [0.15, 0.2) is 4.96 Å². The number of aromatic nitrogens is 3. The van der Waals surface area contributed by atoms with Crippen LogP contribution in [0.15, 0.2) is 52.8 Å². The summed E-state index contributed by atoms with van der Waals surface area (Å²) in [6.45, 7) is 1.72. The molecule has 0 fully saturated rings. The first kappa shape index (κ1) is 16.6. The maximum Gasteiger partial charge on any atom is 0.350 e. The molecule has 130 valence electrons. The second-order valence-corrected chi connectivity index (χ2v) is 7.39. The van der Waals surface area contributed by atoms with Gasteiger partial charge in [0.05, 0.1) is 11.4 Å². The lowest BCUT2D eigenvalue weighted by Crippen LogP contribution is -2.14. The summed E-state index contributed by atoms with van der Waals surface area (Å²) >= 11 is 2.65. The van der Waals surface area contributed by atoms with Gasteiger partial charge in [-0.25, -0.2) is 14.8 Å². The van der Waals surface area contributed by atoms with Gasteiger partial charge in [0, 0.05) is 23.2 Å². The summed E-state index contributed by atoms with van der Waals surface area (Å²) in [5, 5.41) is 2.55. The van der Waals surface area contributed by atoms with E-state index < -0.39 is 5.97 Å². The molecule has 0 atom stereocenters. The normalized spacial score (nSPS) is 11.0. The Morgan fingerprint density at radius 3 is 2.85 bits per heavy atom. The largest absolute Gasteiger partial charge is 0.455 e. The first-order valence-electron chi connectivity index (χ1n) is 7.77. The molecule has 0 bridgehead atoms. The molecule has 3 heterocycles. The number of aryl methyl sites for hydroxylation is 1. The van der Waals surface area contributed by atoms with Crippen LogP contribution >= 0.6 is 22.7 Å². The number of carbonyl (C=O) groups is 1. The molecule has 6 nitrogen and oxygen atoms in total. The van der Waals surface area contributed by atoms with Gasteiger partial charge in [0.2, 0.25) is 0 Å². The topological polar surface area (TPSA) is 73.6 Å². The Bertz CT molecular complexity index is 1150. The summed E-state index contributed by atoms with van der Waals surface area (Å²) in [6, 6.07) is 11.0. The molecule has 0 aliphatic rings. The molecule has 4 aromatic rings. The van der Waals surface area contributed by atoms with Crippen LogP contribution in [0.1, 0.15) is 21.1 Å². The minimum atomic E-state index is -0.463. The van der Waals surface area contributed by atoms with Crippen molar-refractivity contribution in [2.75, 3.05) is 0 Å². The fraction of sp³-hybridized carbons (Fsp3) is 0.111. The number of nitrogens with zero attached hydrogens (tertiary/aromatic N) is 3. The number of benzene rings is 1. The Balaban J connectivity index is 1.53. The third kappa shape index (κ3) is 3.16. The van der Waals surface area contributed by atoms with E-state index >= 15 is 0 Å². The van der Waals surface area contributed by atoms with E-state index in [2.05, 4.69) is 9.97 Å². The Morgan fingerprint density at radius 1 is 1.23 bits per heavy atom. The van der Waals surface area contributed by atoms with Crippen molar-refractivity contribution in [1.82, 2.24) is 14.4 Å². The van der Waals surface area contributed by atoms with Crippen LogP contribution in [0.25, 0.3) is 15.5 Å². The quantitative estimate of drug-likeness (QED) is 0.504. The number of fused-ring (bicyclic) bond motifs is 1. The van der Waals surface area contributed by atoms with Gasteiger partial charge < -0.3 is 4.74 Å². The minimum absolute atomic E-state index is 0.0551. The zero-order valence-electron chi connectivity index (χ0n) is 13.7. The molecule has 1 aromatic carbocycles. The third-order valence-corrected chi connectivity index (χ3v) is 5.65. The van der Waals surface area contributed by atoms with Gasteiger partial charge in [-0.1, -0.05) is 30.3 Å². The van der Waals surface area contributed by atoms with E-state index in [0.29, 0.717) is 21.2 Å². The Hall–Kier alpha value is -2.84. The highest BCUT2D eigenvalue weighted by molar-refractivity contribution is 7.17. The molecule has 4 rings (SSSR count). The van der Waals surface area contributed by atoms with Gasteiger partial charge >= 0.3 is 5.97 Å². The van der Waals surface area contributed by atoms with Crippen LogP contribution in [0.4, 0.5) is 0 Å². The molecule has 0 saturated heterocycles. The molecule has 8 heteroatoms. The molecule has 0 radical (unpaired) electrons. The van der Waals surface area contributed by atoms with Crippen molar-refractivity contribution in [3.8, 4) is 10.6 Å². The lowest BCUT2D eigenvalue weighted by molar-refractivity contribution is 0.0472. The van der Waals surface area contributed by atoms with Crippen LogP contribution in [0.3, 0.4) is 0 Å². The van der Waals surface area contributed by atoms with Crippen LogP contribution in [0.5, 0.6) is 0 Å². The molecule has 0 unspecified atom stereocenters. The van der Waals surface area contributed by atoms with Crippen molar-refractivity contribution in [3.05, 3.63) is 74.6 Å². The van der Waals surface area contributed by atoms with Crippen LogP contribution < -0.4 is 5.56 Å². The monoisotopic (exact) mass is 383 g/mol. The Labute approximate surface area is 156 Å². The highest BCUT2D eigenvalue weighted by Crippen LogP contribution is 2.28. The molecule has 0 spiro atoms. The Morgan fingerprint density at radius 2 is 2.04 bits per heavy atom. The van der Waals surface area contributed by atoms with Gasteiger partial charge in [-0.3, -0.25) is 9.20 Å². The number of ether oxygens (including phenoxy) is 1. The molecule has 26 heavy (non-hydrogen) atoms.